The van der Waals surface area contributed by atoms with E-state index in [1.165, 1.54) is 0 Å². The summed E-state index contributed by atoms with van der Waals surface area (Å²) >= 11 is 3.35. The summed E-state index contributed by atoms with van der Waals surface area (Å²) in [7, 11) is 0. The quantitative estimate of drug-likeness (QED) is 0.845. The second-order valence-electron chi connectivity index (χ2n) is 2.68. The highest BCUT2D eigenvalue weighted by Crippen LogP contribution is 2.20. The molecule has 0 radical (unpaired) electrons. The fourth-order valence-corrected chi connectivity index (χ4v) is 1.22. The fraction of sp³-hybridized carbons (Fsp3) is 0.500. The standard InChI is InChI=1S/C8H11BrO2/c1-6(5-10)4-8-7(9)2-3-11-8/h2-3,6,10H,4-5H2,1H3. The van der Waals surface area contributed by atoms with Crippen LogP contribution in [0.2, 0.25) is 0 Å². The number of furan rings is 1. The SMILES string of the molecule is CC(CO)Cc1occc1Br. The van der Waals surface area contributed by atoms with E-state index in [2.05, 4.69) is 15.9 Å². The van der Waals surface area contributed by atoms with Gasteiger partial charge in [-0.15, -0.1) is 0 Å². The highest BCUT2D eigenvalue weighted by Gasteiger charge is 2.07. The maximum atomic E-state index is 8.77. The zero-order valence-electron chi connectivity index (χ0n) is 6.38. The van der Waals surface area contributed by atoms with Gasteiger partial charge < -0.3 is 9.52 Å². The molecular weight excluding hydrogens is 208 g/mol. The first-order chi connectivity index (χ1) is 5.24. The van der Waals surface area contributed by atoms with E-state index in [9.17, 15) is 0 Å². The van der Waals surface area contributed by atoms with Crippen LogP contribution in [0.4, 0.5) is 0 Å². The normalized spacial score (nSPS) is 13.4. The van der Waals surface area contributed by atoms with Crippen molar-refractivity contribution in [2.75, 3.05) is 6.61 Å². The Morgan fingerprint density at radius 1 is 1.73 bits per heavy atom. The van der Waals surface area contributed by atoms with E-state index >= 15 is 0 Å². The number of aliphatic hydroxyl groups excluding tert-OH is 1. The Labute approximate surface area is 74.3 Å². The van der Waals surface area contributed by atoms with Crippen molar-refractivity contribution in [3.05, 3.63) is 22.6 Å². The molecule has 0 saturated carbocycles. The summed E-state index contributed by atoms with van der Waals surface area (Å²) < 4.78 is 6.16. The van der Waals surface area contributed by atoms with Crippen molar-refractivity contribution in [3.63, 3.8) is 0 Å². The molecule has 0 spiro atoms. The molecule has 2 nitrogen and oxygen atoms in total. The van der Waals surface area contributed by atoms with Crippen LogP contribution in [-0.4, -0.2) is 11.7 Å². The minimum atomic E-state index is 0.202. The lowest BCUT2D eigenvalue weighted by atomic mass is 10.1. The number of aliphatic hydroxyl groups is 1. The van der Waals surface area contributed by atoms with Crippen LogP contribution in [0.1, 0.15) is 12.7 Å². The monoisotopic (exact) mass is 218 g/mol. The third-order valence-electron chi connectivity index (χ3n) is 1.54. The molecule has 0 aliphatic rings. The van der Waals surface area contributed by atoms with E-state index in [0.717, 1.165) is 16.7 Å². The van der Waals surface area contributed by atoms with Gasteiger partial charge in [0.25, 0.3) is 0 Å². The van der Waals surface area contributed by atoms with Crippen LogP contribution in [0, 0.1) is 5.92 Å². The summed E-state index contributed by atoms with van der Waals surface area (Å²) in [6.45, 7) is 2.18. The zero-order valence-corrected chi connectivity index (χ0v) is 7.97. The molecule has 11 heavy (non-hydrogen) atoms. The largest absolute Gasteiger partial charge is 0.468 e. The molecule has 0 fully saturated rings. The van der Waals surface area contributed by atoms with Crippen molar-refractivity contribution in [1.29, 1.82) is 0 Å². The van der Waals surface area contributed by atoms with E-state index in [-0.39, 0.29) is 12.5 Å². The Balaban J connectivity index is 2.56. The molecule has 0 amide bonds. The predicted octanol–water partition coefficient (Wildman–Crippen LogP) is 2.21. The Bertz CT molecular complexity index is 220. The number of halogens is 1. The topological polar surface area (TPSA) is 33.4 Å². The van der Waals surface area contributed by atoms with Crippen LogP contribution in [0.25, 0.3) is 0 Å². The van der Waals surface area contributed by atoms with Crippen LogP contribution in [0.5, 0.6) is 0 Å². The first kappa shape index (κ1) is 8.81. The van der Waals surface area contributed by atoms with Crippen LogP contribution in [-0.2, 0) is 6.42 Å². The minimum Gasteiger partial charge on any atom is -0.468 e. The predicted molar refractivity (Wildman–Crippen MR) is 46.4 cm³/mol. The molecule has 1 aromatic rings. The van der Waals surface area contributed by atoms with Gasteiger partial charge in [-0.2, -0.15) is 0 Å². The van der Waals surface area contributed by atoms with Crippen LogP contribution < -0.4 is 0 Å². The third-order valence-corrected chi connectivity index (χ3v) is 2.24. The highest BCUT2D eigenvalue weighted by molar-refractivity contribution is 9.10. The van der Waals surface area contributed by atoms with Gasteiger partial charge >= 0.3 is 0 Å². The molecule has 1 heterocycles. The lowest BCUT2D eigenvalue weighted by Gasteiger charge is -2.04. The van der Waals surface area contributed by atoms with Crippen LogP contribution in [0.3, 0.4) is 0 Å². The van der Waals surface area contributed by atoms with Gasteiger partial charge in [0.1, 0.15) is 5.76 Å². The summed E-state index contributed by atoms with van der Waals surface area (Å²) in [6, 6.07) is 1.86. The molecule has 0 aliphatic heterocycles. The maximum Gasteiger partial charge on any atom is 0.118 e. The van der Waals surface area contributed by atoms with Crippen LogP contribution in [0.15, 0.2) is 21.2 Å². The van der Waals surface area contributed by atoms with E-state index in [0.29, 0.717) is 0 Å². The summed E-state index contributed by atoms with van der Waals surface area (Å²) in [6.07, 6.45) is 2.42. The van der Waals surface area contributed by atoms with Crippen molar-refractivity contribution < 1.29 is 9.52 Å². The first-order valence-electron chi connectivity index (χ1n) is 3.56. The van der Waals surface area contributed by atoms with Gasteiger partial charge in [0.05, 0.1) is 10.7 Å². The summed E-state index contributed by atoms with van der Waals surface area (Å²) in [4.78, 5) is 0. The Morgan fingerprint density at radius 3 is 2.91 bits per heavy atom. The average molecular weight is 219 g/mol. The fourth-order valence-electron chi connectivity index (χ4n) is 0.852. The second kappa shape index (κ2) is 3.93. The van der Waals surface area contributed by atoms with E-state index in [4.69, 9.17) is 9.52 Å². The summed E-state index contributed by atoms with van der Waals surface area (Å²) in [5, 5.41) is 8.77. The summed E-state index contributed by atoms with van der Waals surface area (Å²) in [5.41, 5.74) is 0. The summed E-state index contributed by atoms with van der Waals surface area (Å²) in [5.74, 6) is 1.17. The number of hydrogen-bond donors (Lipinski definition) is 1. The van der Waals surface area contributed by atoms with E-state index < -0.39 is 0 Å². The van der Waals surface area contributed by atoms with Crippen LogP contribution >= 0.6 is 15.9 Å². The third kappa shape index (κ3) is 2.34. The molecule has 1 aromatic heterocycles. The molecule has 1 unspecified atom stereocenters. The highest BCUT2D eigenvalue weighted by atomic mass is 79.9. The lowest BCUT2D eigenvalue weighted by molar-refractivity contribution is 0.231. The van der Waals surface area contributed by atoms with Gasteiger partial charge in [0.2, 0.25) is 0 Å². The zero-order chi connectivity index (χ0) is 8.27. The molecule has 0 aliphatic carbocycles. The Morgan fingerprint density at radius 2 is 2.45 bits per heavy atom. The number of hydrogen-bond acceptors (Lipinski definition) is 2. The molecule has 0 saturated heterocycles. The number of rotatable bonds is 3. The van der Waals surface area contributed by atoms with Gasteiger partial charge in [-0.1, -0.05) is 6.92 Å². The molecule has 0 bridgehead atoms. The molecule has 1 rings (SSSR count). The lowest BCUT2D eigenvalue weighted by Crippen LogP contribution is -2.03. The van der Waals surface area contributed by atoms with Crippen molar-refractivity contribution in [1.82, 2.24) is 0 Å². The van der Waals surface area contributed by atoms with Gasteiger partial charge in [0, 0.05) is 13.0 Å². The van der Waals surface area contributed by atoms with Gasteiger partial charge in [-0.3, -0.25) is 0 Å². The van der Waals surface area contributed by atoms with E-state index in [1.807, 2.05) is 13.0 Å². The Kier molecular flexibility index (Phi) is 3.15. The second-order valence-corrected chi connectivity index (χ2v) is 3.54. The molecule has 0 aromatic carbocycles. The van der Waals surface area contributed by atoms with Crippen molar-refractivity contribution >= 4 is 15.9 Å². The Hall–Kier alpha value is -0.280. The smallest absolute Gasteiger partial charge is 0.118 e. The van der Waals surface area contributed by atoms with Gasteiger partial charge in [-0.25, -0.2) is 0 Å². The maximum absolute atomic E-state index is 8.77. The molecule has 1 N–H and O–H groups in total. The molecule has 62 valence electrons. The molecule has 1 atom stereocenters. The minimum absolute atomic E-state index is 0.202. The van der Waals surface area contributed by atoms with Gasteiger partial charge in [0.15, 0.2) is 0 Å². The first-order valence-corrected chi connectivity index (χ1v) is 4.36. The van der Waals surface area contributed by atoms with Crippen molar-refractivity contribution in [2.45, 2.75) is 13.3 Å². The molecule has 3 heteroatoms. The van der Waals surface area contributed by atoms with Crippen molar-refractivity contribution in [3.8, 4) is 0 Å². The van der Waals surface area contributed by atoms with Gasteiger partial charge in [-0.05, 0) is 27.9 Å². The van der Waals surface area contributed by atoms with E-state index in [1.54, 1.807) is 6.26 Å². The molecular formula is C8H11BrO2. The van der Waals surface area contributed by atoms with Crippen molar-refractivity contribution in [2.24, 2.45) is 5.92 Å². The average Bonchev–Trinajstić information content (AvgIpc) is 2.37.